The number of fused-ring (bicyclic) bond motifs is 1. The van der Waals surface area contributed by atoms with Gasteiger partial charge < -0.3 is 19.6 Å². The van der Waals surface area contributed by atoms with E-state index in [2.05, 4.69) is 4.99 Å². The Bertz CT molecular complexity index is 853. The van der Waals surface area contributed by atoms with Gasteiger partial charge in [-0.15, -0.1) is 0 Å². The molecular weight excluding hydrogens is 306 g/mol. The Morgan fingerprint density at radius 1 is 1.08 bits per heavy atom. The SMILES string of the molecule is CN=C(N)N(c1cc2ccccc2o1)c1cc(OC)ccc1OC. The van der Waals surface area contributed by atoms with E-state index in [1.807, 2.05) is 48.5 Å². The predicted octanol–water partition coefficient (Wildman–Crippen LogP) is 3.53. The fraction of sp³-hybridized carbons (Fsp3) is 0.167. The molecule has 124 valence electrons. The van der Waals surface area contributed by atoms with Gasteiger partial charge in [-0.2, -0.15) is 0 Å². The van der Waals surface area contributed by atoms with Crippen molar-refractivity contribution in [1.82, 2.24) is 0 Å². The number of ether oxygens (including phenoxy) is 2. The Labute approximate surface area is 140 Å². The van der Waals surface area contributed by atoms with Gasteiger partial charge in [0.15, 0.2) is 0 Å². The van der Waals surface area contributed by atoms with Crippen LogP contribution in [0.5, 0.6) is 11.5 Å². The molecule has 0 spiro atoms. The van der Waals surface area contributed by atoms with Crippen LogP contribution in [0.15, 0.2) is 57.9 Å². The van der Waals surface area contributed by atoms with E-state index < -0.39 is 0 Å². The molecule has 1 heterocycles. The van der Waals surface area contributed by atoms with Crippen molar-refractivity contribution in [3.05, 3.63) is 48.5 Å². The van der Waals surface area contributed by atoms with Crippen LogP contribution in [0.2, 0.25) is 0 Å². The van der Waals surface area contributed by atoms with Crippen molar-refractivity contribution in [2.24, 2.45) is 10.7 Å². The van der Waals surface area contributed by atoms with Crippen LogP contribution in [-0.4, -0.2) is 27.2 Å². The molecule has 0 aliphatic rings. The summed E-state index contributed by atoms with van der Waals surface area (Å²) in [5, 5.41) is 0.975. The summed E-state index contributed by atoms with van der Waals surface area (Å²) >= 11 is 0. The van der Waals surface area contributed by atoms with E-state index in [9.17, 15) is 0 Å². The number of anilines is 2. The summed E-state index contributed by atoms with van der Waals surface area (Å²) in [5.41, 5.74) is 7.58. The average Bonchev–Trinajstić information content (AvgIpc) is 3.05. The van der Waals surface area contributed by atoms with Crippen molar-refractivity contribution in [1.29, 1.82) is 0 Å². The maximum Gasteiger partial charge on any atom is 0.208 e. The molecule has 0 fully saturated rings. The highest BCUT2D eigenvalue weighted by atomic mass is 16.5. The van der Waals surface area contributed by atoms with Gasteiger partial charge in [0.25, 0.3) is 0 Å². The molecule has 0 atom stereocenters. The van der Waals surface area contributed by atoms with Crippen LogP contribution >= 0.6 is 0 Å². The lowest BCUT2D eigenvalue weighted by atomic mass is 10.2. The third-order valence-corrected chi connectivity index (χ3v) is 3.72. The molecule has 0 aliphatic carbocycles. The number of nitrogens with two attached hydrogens (primary N) is 1. The molecule has 3 rings (SSSR count). The van der Waals surface area contributed by atoms with Crippen LogP contribution in [0.1, 0.15) is 0 Å². The lowest BCUT2D eigenvalue weighted by Gasteiger charge is -2.23. The molecule has 6 nitrogen and oxygen atoms in total. The van der Waals surface area contributed by atoms with Crippen molar-refractivity contribution in [2.45, 2.75) is 0 Å². The van der Waals surface area contributed by atoms with E-state index in [0.717, 1.165) is 11.0 Å². The van der Waals surface area contributed by atoms with E-state index in [-0.39, 0.29) is 5.96 Å². The molecule has 2 aromatic carbocycles. The molecule has 0 saturated carbocycles. The van der Waals surface area contributed by atoms with Crippen molar-refractivity contribution >= 4 is 28.5 Å². The predicted molar refractivity (Wildman–Crippen MR) is 95.4 cm³/mol. The Hall–Kier alpha value is -3.15. The lowest BCUT2D eigenvalue weighted by Crippen LogP contribution is -2.33. The summed E-state index contributed by atoms with van der Waals surface area (Å²) in [5.74, 6) is 2.13. The van der Waals surface area contributed by atoms with Gasteiger partial charge in [-0.3, -0.25) is 4.99 Å². The summed E-state index contributed by atoms with van der Waals surface area (Å²) in [6.45, 7) is 0. The average molecular weight is 325 g/mol. The summed E-state index contributed by atoms with van der Waals surface area (Å²) in [6, 6.07) is 15.1. The Balaban J connectivity index is 2.20. The molecule has 24 heavy (non-hydrogen) atoms. The summed E-state index contributed by atoms with van der Waals surface area (Å²) < 4.78 is 16.7. The summed E-state index contributed by atoms with van der Waals surface area (Å²) in [7, 11) is 4.83. The Morgan fingerprint density at radius 2 is 1.88 bits per heavy atom. The van der Waals surface area contributed by atoms with Gasteiger partial charge in [0, 0.05) is 24.6 Å². The van der Waals surface area contributed by atoms with Crippen LogP contribution < -0.4 is 20.1 Å². The Morgan fingerprint density at radius 3 is 2.54 bits per heavy atom. The van der Waals surface area contributed by atoms with Crippen molar-refractivity contribution in [3.8, 4) is 11.5 Å². The van der Waals surface area contributed by atoms with Crippen LogP contribution in [0, 0.1) is 0 Å². The smallest absolute Gasteiger partial charge is 0.208 e. The number of furan rings is 1. The number of nitrogens with zero attached hydrogens (tertiary/aromatic N) is 2. The van der Waals surface area contributed by atoms with Gasteiger partial charge in [0.1, 0.15) is 17.1 Å². The third kappa shape index (κ3) is 2.74. The van der Waals surface area contributed by atoms with Gasteiger partial charge in [0.2, 0.25) is 11.8 Å². The second kappa shape index (κ2) is 6.54. The number of aliphatic imine (C=N–C) groups is 1. The molecule has 6 heteroatoms. The number of para-hydroxylation sites is 1. The van der Waals surface area contributed by atoms with E-state index in [1.54, 1.807) is 26.2 Å². The first-order chi connectivity index (χ1) is 11.7. The van der Waals surface area contributed by atoms with Crippen molar-refractivity contribution < 1.29 is 13.9 Å². The van der Waals surface area contributed by atoms with Gasteiger partial charge in [-0.25, -0.2) is 4.90 Å². The molecule has 0 radical (unpaired) electrons. The number of hydrogen-bond donors (Lipinski definition) is 1. The van der Waals surface area contributed by atoms with Crippen LogP contribution in [0.3, 0.4) is 0 Å². The number of methoxy groups -OCH3 is 2. The number of rotatable bonds is 4. The minimum absolute atomic E-state index is 0.278. The highest BCUT2D eigenvalue weighted by Crippen LogP contribution is 2.38. The van der Waals surface area contributed by atoms with Gasteiger partial charge in [-0.1, -0.05) is 18.2 Å². The molecule has 0 unspecified atom stereocenters. The van der Waals surface area contributed by atoms with E-state index in [1.165, 1.54) is 0 Å². The zero-order valence-electron chi connectivity index (χ0n) is 13.8. The van der Waals surface area contributed by atoms with E-state index in [4.69, 9.17) is 19.6 Å². The highest BCUT2D eigenvalue weighted by molar-refractivity contribution is 6.03. The molecule has 0 aliphatic heterocycles. The maximum absolute atomic E-state index is 6.14. The zero-order chi connectivity index (χ0) is 17.1. The monoisotopic (exact) mass is 325 g/mol. The molecule has 2 N–H and O–H groups in total. The van der Waals surface area contributed by atoms with Gasteiger partial charge in [-0.05, 0) is 18.2 Å². The largest absolute Gasteiger partial charge is 0.497 e. The fourth-order valence-corrected chi connectivity index (χ4v) is 2.50. The number of guanidine groups is 1. The second-order valence-electron chi connectivity index (χ2n) is 5.08. The van der Waals surface area contributed by atoms with Crippen LogP contribution in [0.25, 0.3) is 11.0 Å². The first-order valence-corrected chi connectivity index (χ1v) is 7.41. The summed E-state index contributed by atoms with van der Waals surface area (Å²) in [6.07, 6.45) is 0. The molecule has 3 aromatic rings. The van der Waals surface area contributed by atoms with Gasteiger partial charge in [0.05, 0.1) is 19.9 Å². The van der Waals surface area contributed by atoms with E-state index in [0.29, 0.717) is 23.1 Å². The normalized spacial score (nSPS) is 11.5. The van der Waals surface area contributed by atoms with Crippen LogP contribution in [-0.2, 0) is 0 Å². The Kier molecular flexibility index (Phi) is 4.29. The van der Waals surface area contributed by atoms with Crippen LogP contribution in [0.4, 0.5) is 11.6 Å². The second-order valence-corrected chi connectivity index (χ2v) is 5.08. The quantitative estimate of drug-likeness (QED) is 0.587. The molecule has 1 aromatic heterocycles. The van der Waals surface area contributed by atoms with Crippen molar-refractivity contribution in [3.63, 3.8) is 0 Å². The highest BCUT2D eigenvalue weighted by Gasteiger charge is 2.22. The lowest BCUT2D eigenvalue weighted by molar-refractivity contribution is 0.404. The standard InChI is InChI=1S/C18H19N3O3/c1-20-18(19)21(14-11-13(22-2)8-9-16(14)23-3)17-10-12-6-4-5-7-15(12)24-17/h4-11H,1-3H3,(H2,19,20). The van der Waals surface area contributed by atoms with Crippen molar-refractivity contribution in [2.75, 3.05) is 26.2 Å². The first-order valence-electron chi connectivity index (χ1n) is 7.41. The molecule has 0 amide bonds. The number of benzene rings is 2. The molecule has 0 bridgehead atoms. The van der Waals surface area contributed by atoms with E-state index >= 15 is 0 Å². The summed E-state index contributed by atoms with van der Waals surface area (Å²) in [4.78, 5) is 5.80. The topological polar surface area (TPSA) is 73.2 Å². The zero-order valence-corrected chi connectivity index (χ0v) is 13.8. The molecule has 0 saturated heterocycles. The fourth-order valence-electron chi connectivity index (χ4n) is 2.50. The first kappa shape index (κ1) is 15.7. The minimum Gasteiger partial charge on any atom is -0.497 e. The molecular formula is C18H19N3O3. The third-order valence-electron chi connectivity index (χ3n) is 3.72. The number of hydrogen-bond acceptors (Lipinski definition) is 4. The minimum atomic E-state index is 0.278. The maximum atomic E-state index is 6.14. The van der Waals surface area contributed by atoms with Gasteiger partial charge >= 0.3 is 0 Å².